The number of aliphatic hydroxyl groups is 1. The normalized spacial score (nSPS) is 13.4. The molecule has 7 aromatic rings. The molecule has 1 amide bonds. The largest absolute Gasteiger partial charge is 0.462 e. The Morgan fingerprint density at radius 3 is 1.68 bits per heavy atom. The van der Waals surface area contributed by atoms with Crippen molar-refractivity contribution < 1.29 is 42.9 Å². The monoisotopic (exact) mass is 950 g/mol. The van der Waals surface area contributed by atoms with Gasteiger partial charge in [-0.3, -0.25) is 19.2 Å². The lowest BCUT2D eigenvalue weighted by atomic mass is 9.77. The van der Waals surface area contributed by atoms with Gasteiger partial charge in [-0.05, 0) is 88.7 Å². The predicted octanol–water partition coefficient (Wildman–Crippen LogP) is 9.04. The summed E-state index contributed by atoms with van der Waals surface area (Å²) >= 11 is 0. The van der Waals surface area contributed by atoms with Crippen LogP contribution in [0.1, 0.15) is 97.5 Å². The summed E-state index contributed by atoms with van der Waals surface area (Å²) < 4.78 is 29.4. The van der Waals surface area contributed by atoms with E-state index in [0.717, 1.165) is 39.1 Å². The van der Waals surface area contributed by atoms with Crippen LogP contribution in [-0.4, -0.2) is 62.5 Å². The van der Waals surface area contributed by atoms with E-state index in [-0.39, 0.29) is 29.8 Å². The maximum Gasteiger partial charge on any atom is 0.303 e. The van der Waals surface area contributed by atoms with Crippen molar-refractivity contribution in [1.29, 1.82) is 0 Å². The maximum atomic E-state index is 12.9. The van der Waals surface area contributed by atoms with Gasteiger partial charge in [-0.2, -0.15) is 0 Å². The van der Waals surface area contributed by atoms with Crippen LogP contribution in [0.2, 0.25) is 0 Å². The predicted molar refractivity (Wildman–Crippen MR) is 265 cm³/mol. The number of carbonyl (C=O) groups is 4. The van der Waals surface area contributed by atoms with E-state index in [1.54, 1.807) is 35.5 Å². The van der Waals surface area contributed by atoms with Gasteiger partial charge >= 0.3 is 17.9 Å². The second-order valence-corrected chi connectivity index (χ2v) is 16.6. The zero-order valence-corrected chi connectivity index (χ0v) is 39.6. The smallest absolute Gasteiger partial charge is 0.303 e. The molecule has 8 rings (SSSR count). The number of carbonyl (C=O) groups excluding carboxylic acids is 4. The molecule has 1 aliphatic heterocycles. The van der Waals surface area contributed by atoms with E-state index >= 15 is 0 Å². The van der Waals surface area contributed by atoms with E-state index in [4.69, 9.17) is 19.3 Å². The Balaban J connectivity index is 0.000000457. The second kappa shape index (κ2) is 23.1. The summed E-state index contributed by atoms with van der Waals surface area (Å²) in [5.74, 6) is 10.4. The average molecular weight is 951 g/mol. The van der Waals surface area contributed by atoms with Gasteiger partial charge in [0.25, 0.3) is 0 Å². The summed E-state index contributed by atoms with van der Waals surface area (Å²) in [5, 5.41) is 15.8. The lowest BCUT2D eigenvalue weighted by Gasteiger charge is -2.40. The minimum absolute atomic E-state index is 0.00261. The molecular formula is C58H51FN4O8. The van der Waals surface area contributed by atoms with Gasteiger partial charge in [-0.1, -0.05) is 140 Å². The van der Waals surface area contributed by atoms with Crippen LogP contribution >= 0.6 is 0 Å². The molecule has 6 aromatic carbocycles. The molecule has 2 heterocycles. The number of hydrogen-bond donors (Lipinski definition) is 1. The third-order valence-electron chi connectivity index (χ3n) is 11.5. The molecule has 71 heavy (non-hydrogen) atoms. The Hall–Kier alpha value is -8.65. The van der Waals surface area contributed by atoms with Crippen molar-refractivity contribution in [1.82, 2.24) is 14.8 Å². The minimum Gasteiger partial charge on any atom is -0.462 e. The maximum absolute atomic E-state index is 12.9. The SMILES string of the molecule is CC(=O)OCC(O)(C#Cc1ccc(C2CC(=O)N2c2ccc(C#Cc3ncn(C(c4ccccc4)(c4ccccc4)c4ccccc4)n3)cc2)cc1)COC(C)=O.CCC(OC(C)=O)c1ccc(F)cc1. The fourth-order valence-electron chi connectivity index (χ4n) is 8.06. The van der Waals surface area contributed by atoms with Crippen molar-refractivity contribution in [2.75, 3.05) is 18.1 Å². The van der Waals surface area contributed by atoms with Crippen LogP contribution < -0.4 is 4.90 Å². The number of β-lactam (4-membered cyclic amide) rings is 1. The summed E-state index contributed by atoms with van der Waals surface area (Å²) in [6.07, 6.45) is 2.49. The van der Waals surface area contributed by atoms with Crippen molar-refractivity contribution in [3.05, 3.63) is 221 Å². The van der Waals surface area contributed by atoms with Crippen LogP contribution in [0.25, 0.3) is 0 Å². The molecule has 1 N–H and O–H groups in total. The number of anilines is 1. The highest BCUT2D eigenvalue weighted by molar-refractivity contribution is 6.01. The molecule has 1 aromatic heterocycles. The third-order valence-corrected chi connectivity index (χ3v) is 11.5. The Morgan fingerprint density at radius 1 is 0.690 bits per heavy atom. The van der Waals surface area contributed by atoms with Gasteiger partial charge < -0.3 is 24.2 Å². The fraction of sp³-hybridized carbons (Fsp3) is 0.207. The molecular weight excluding hydrogens is 900 g/mol. The third kappa shape index (κ3) is 12.5. The Bertz CT molecular complexity index is 2950. The fourth-order valence-corrected chi connectivity index (χ4v) is 8.06. The Morgan fingerprint density at radius 2 is 1.20 bits per heavy atom. The van der Waals surface area contributed by atoms with Gasteiger partial charge in [0.15, 0.2) is 5.60 Å². The number of aromatic nitrogens is 3. The molecule has 2 unspecified atom stereocenters. The van der Waals surface area contributed by atoms with Crippen molar-refractivity contribution in [2.24, 2.45) is 0 Å². The zero-order chi connectivity index (χ0) is 50.4. The molecule has 0 bridgehead atoms. The summed E-state index contributed by atoms with van der Waals surface area (Å²) in [6, 6.07) is 51.3. The first-order chi connectivity index (χ1) is 34.3. The van der Waals surface area contributed by atoms with E-state index in [1.165, 1.54) is 32.9 Å². The lowest BCUT2D eigenvalue weighted by Crippen LogP contribution is -2.46. The van der Waals surface area contributed by atoms with Crippen LogP contribution in [0.3, 0.4) is 0 Å². The van der Waals surface area contributed by atoms with Gasteiger partial charge in [0, 0.05) is 37.6 Å². The van der Waals surface area contributed by atoms with Gasteiger partial charge in [-0.15, -0.1) is 5.10 Å². The van der Waals surface area contributed by atoms with Crippen LogP contribution in [0.15, 0.2) is 170 Å². The summed E-state index contributed by atoms with van der Waals surface area (Å²) in [6.45, 7) is 4.79. The summed E-state index contributed by atoms with van der Waals surface area (Å²) in [5.41, 5.74) is 4.23. The highest BCUT2D eigenvalue weighted by atomic mass is 19.1. The first-order valence-corrected chi connectivity index (χ1v) is 22.9. The van der Waals surface area contributed by atoms with Crippen molar-refractivity contribution in [3.63, 3.8) is 0 Å². The number of hydrogen-bond acceptors (Lipinski definition) is 10. The van der Waals surface area contributed by atoms with Crippen molar-refractivity contribution in [2.45, 2.75) is 63.8 Å². The molecule has 13 heteroatoms. The number of rotatable bonds is 13. The van der Waals surface area contributed by atoms with E-state index in [0.29, 0.717) is 24.2 Å². The topological polar surface area (TPSA) is 150 Å². The summed E-state index contributed by atoms with van der Waals surface area (Å²) in [4.78, 5) is 52.6. The quantitative estimate of drug-likeness (QED) is 0.0390. The van der Waals surface area contributed by atoms with Gasteiger partial charge in [0.05, 0.1) is 12.5 Å². The van der Waals surface area contributed by atoms with Crippen molar-refractivity contribution >= 4 is 29.5 Å². The molecule has 12 nitrogen and oxygen atoms in total. The van der Waals surface area contributed by atoms with Gasteiger partial charge in [0.1, 0.15) is 37.0 Å². The van der Waals surface area contributed by atoms with Crippen molar-refractivity contribution in [3.8, 4) is 23.7 Å². The Labute approximate surface area is 412 Å². The van der Waals surface area contributed by atoms with E-state index in [2.05, 4.69) is 65.1 Å². The molecule has 1 fully saturated rings. The second-order valence-electron chi connectivity index (χ2n) is 16.6. The number of halogens is 1. The van der Waals surface area contributed by atoms with E-state index in [9.17, 15) is 28.7 Å². The molecule has 1 aliphatic rings. The average Bonchev–Trinajstić information content (AvgIpc) is 3.86. The van der Waals surface area contributed by atoms with E-state index < -0.39 is 36.3 Å². The molecule has 1 saturated heterocycles. The van der Waals surface area contributed by atoms with Crippen LogP contribution in [-0.2, 0) is 38.9 Å². The minimum atomic E-state index is -1.87. The molecule has 0 spiro atoms. The highest BCUT2D eigenvalue weighted by Gasteiger charge is 2.40. The number of ether oxygens (including phenoxy) is 3. The number of esters is 3. The van der Waals surface area contributed by atoms with Crippen LogP contribution in [0.5, 0.6) is 0 Å². The molecule has 0 aliphatic carbocycles. The first-order valence-electron chi connectivity index (χ1n) is 22.9. The molecule has 358 valence electrons. The van der Waals surface area contributed by atoms with Crippen LogP contribution in [0.4, 0.5) is 10.1 Å². The number of nitrogens with zero attached hydrogens (tertiary/aromatic N) is 4. The lowest BCUT2D eigenvalue weighted by molar-refractivity contribution is -0.154. The van der Waals surface area contributed by atoms with Gasteiger partial charge in [-0.25, -0.2) is 14.1 Å². The molecule has 0 saturated carbocycles. The summed E-state index contributed by atoms with van der Waals surface area (Å²) in [7, 11) is 0. The molecule has 0 radical (unpaired) electrons. The zero-order valence-electron chi connectivity index (χ0n) is 39.6. The number of amides is 1. The van der Waals surface area contributed by atoms with Crippen LogP contribution in [0, 0.1) is 29.5 Å². The first kappa shape index (κ1) is 50.2. The highest BCUT2D eigenvalue weighted by Crippen LogP contribution is 2.41. The van der Waals surface area contributed by atoms with E-state index in [1.807, 2.05) is 103 Å². The Kier molecular flexibility index (Phi) is 16.3. The number of benzene rings is 6. The molecule has 2 atom stereocenters. The van der Waals surface area contributed by atoms with Gasteiger partial charge in [0.2, 0.25) is 11.7 Å². The standard InChI is InChI=1S/C47H38N4O6.C11H13FO2/c1-34(52)56-31-46(55,32-57-35(2)53)29-28-37-18-23-38(24-19-37)43-30-45(54)51(43)42-25-20-36(21-26-42)22-27-44-48-33-50(49-44)47(39-12-6-3-7-13-39,40-14-8-4-9-15-40)41-16-10-5-11-17-41;1-3-11(14-8(2)13)9-4-6-10(12)7-5-9/h3-21,23-26,33,43,55H,30-32H2,1-2H3;4-7,11H,3H2,1-2H3.